The summed E-state index contributed by atoms with van der Waals surface area (Å²) in [4.78, 5) is 17.9. The third kappa shape index (κ3) is 4.88. The van der Waals surface area contributed by atoms with Gasteiger partial charge in [-0.1, -0.05) is 19.9 Å². The van der Waals surface area contributed by atoms with Crippen LogP contribution in [0.25, 0.3) is 10.9 Å². The first-order valence-corrected chi connectivity index (χ1v) is 11.3. The number of benzene rings is 2. The zero-order valence-corrected chi connectivity index (χ0v) is 19.8. The Balaban J connectivity index is 1.63. The topological polar surface area (TPSA) is 66.6 Å². The van der Waals surface area contributed by atoms with Gasteiger partial charge in [-0.2, -0.15) is 0 Å². The molecule has 7 heteroatoms. The van der Waals surface area contributed by atoms with Crippen LogP contribution in [-0.4, -0.2) is 28.3 Å². The lowest BCUT2D eigenvalue weighted by Crippen LogP contribution is -2.41. The van der Waals surface area contributed by atoms with Gasteiger partial charge in [0.1, 0.15) is 0 Å². The zero-order valence-electron chi connectivity index (χ0n) is 19.0. The van der Waals surface area contributed by atoms with Gasteiger partial charge in [-0.25, -0.2) is 0 Å². The smallest absolute Gasteiger partial charge is 0.253 e. The van der Waals surface area contributed by atoms with Crippen molar-refractivity contribution in [2.75, 3.05) is 13.3 Å². The molecular weight excluding hydrogens is 422 g/mol. The van der Waals surface area contributed by atoms with Crippen LogP contribution in [0.4, 0.5) is 0 Å². The molecule has 3 aromatic rings. The maximum Gasteiger partial charge on any atom is 0.253 e. The van der Waals surface area contributed by atoms with Gasteiger partial charge in [0.05, 0.1) is 6.54 Å². The first-order valence-electron chi connectivity index (χ1n) is 10.8. The third-order valence-electron chi connectivity index (χ3n) is 5.66. The lowest BCUT2D eigenvalue weighted by Gasteiger charge is -2.26. The summed E-state index contributed by atoms with van der Waals surface area (Å²) in [7, 11) is 0. The Kier molecular flexibility index (Phi) is 6.37. The summed E-state index contributed by atoms with van der Waals surface area (Å²) in [6, 6.07) is 12.0. The first kappa shape index (κ1) is 22.1. The second-order valence-electron chi connectivity index (χ2n) is 8.77. The normalized spacial score (nSPS) is 12.4. The van der Waals surface area contributed by atoms with E-state index in [0.29, 0.717) is 29.7 Å². The number of ether oxygens (including phenoxy) is 2. The summed E-state index contributed by atoms with van der Waals surface area (Å²) < 4.78 is 10.9. The molecule has 2 N–H and O–H groups in total. The maximum absolute atomic E-state index is 12.9. The molecule has 2 aromatic carbocycles. The molecule has 0 spiro atoms. The van der Waals surface area contributed by atoms with Gasteiger partial charge in [0, 0.05) is 24.2 Å². The number of pyridine rings is 1. The largest absolute Gasteiger partial charge is 0.454 e. The van der Waals surface area contributed by atoms with Crippen molar-refractivity contribution in [2.45, 2.75) is 40.8 Å². The van der Waals surface area contributed by atoms with Crippen LogP contribution in [0.3, 0.4) is 0 Å². The van der Waals surface area contributed by atoms with Crippen LogP contribution in [0.15, 0.2) is 41.2 Å². The molecule has 0 aliphatic carbocycles. The number of nitrogens with zero attached hydrogens (tertiary/aromatic N) is 1. The monoisotopic (exact) mass is 451 g/mol. The Morgan fingerprint density at radius 3 is 2.62 bits per heavy atom. The lowest BCUT2D eigenvalue weighted by atomic mass is 10.0. The molecule has 0 unspecified atom stereocenters. The zero-order chi connectivity index (χ0) is 22.8. The molecule has 1 aromatic heterocycles. The highest BCUT2D eigenvalue weighted by molar-refractivity contribution is 7.80. The summed E-state index contributed by atoms with van der Waals surface area (Å²) >= 11 is 5.72. The van der Waals surface area contributed by atoms with Crippen molar-refractivity contribution in [1.82, 2.24) is 15.2 Å². The van der Waals surface area contributed by atoms with E-state index >= 15 is 0 Å². The molecule has 168 valence electrons. The van der Waals surface area contributed by atoms with Crippen LogP contribution < -0.4 is 20.3 Å². The molecule has 1 aliphatic heterocycles. The summed E-state index contributed by atoms with van der Waals surface area (Å²) in [6.45, 7) is 10.3. The number of fused-ring (bicyclic) bond motifs is 2. The van der Waals surface area contributed by atoms with E-state index in [9.17, 15) is 4.79 Å². The molecule has 0 saturated heterocycles. The molecule has 0 fully saturated rings. The summed E-state index contributed by atoms with van der Waals surface area (Å²) in [5.74, 6) is 1.94. The van der Waals surface area contributed by atoms with Gasteiger partial charge in [-0.05, 0) is 84.4 Å². The second kappa shape index (κ2) is 9.20. The summed E-state index contributed by atoms with van der Waals surface area (Å²) in [5, 5.41) is 4.98. The fourth-order valence-electron chi connectivity index (χ4n) is 3.71. The Bertz CT molecular complexity index is 1220. The van der Waals surface area contributed by atoms with Crippen molar-refractivity contribution in [3.63, 3.8) is 0 Å². The number of rotatable bonds is 6. The maximum atomic E-state index is 12.9. The average Bonchev–Trinajstić information content (AvgIpc) is 3.21. The standard InChI is InChI=1S/C25H29N3O3S/c1-15(2)11-26-25(32)28(12-18-5-6-22-23(9-18)31-14-30-22)13-20-10-19-7-16(3)17(4)8-21(19)27-24(20)29/h5-10,15H,11-14H2,1-4H3,(H,26,32)(H,27,29). The minimum Gasteiger partial charge on any atom is -0.454 e. The van der Waals surface area contributed by atoms with Crippen molar-refractivity contribution < 1.29 is 9.47 Å². The van der Waals surface area contributed by atoms with Gasteiger partial charge >= 0.3 is 0 Å². The van der Waals surface area contributed by atoms with Crippen molar-refractivity contribution in [1.29, 1.82) is 0 Å². The van der Waals surface area contributed by atoms with Gasteiger partial charge in [-0.3, -0.25) is 4.79 Å². The molecule has 32 heavy (non-hydrogen) atoms. The van der Waals surface area contributed by atoms with Crippen molar-refractivity contribution in [3.8, 4) is 11.5 Å². The van der Waals surface area contributed by atoms with Crippen molar-refractivity contribution in [3.05, 3.63) is 69.0 Å². The second-order valence-corrected chi connectivity index (χ2v) is 9.16. The van der Waals surface area contributed by atoms with E-state index in [1.54, 1.807) is 0 Å². The number of nitrogens with one attached hydrogen (secondary N) is 2. The van der Waals surface area contributed by atoms with Crippen LogP contribution in [0.2, 0.25) is 0 Å². The molecule has 4 rings (SSSR count). The van der Waals surface area contributed by atoms with E-state index in [4.69, 9.17) is 21.7 Å². The van der Waals surface area contributed by atoms with E-state index in [1.807, 2.05) is 42.2 Å². The van der Waals surface area contributed by atoms with E-state index in [2.05, 4.69) is 37.1 Å². The van der Waals surface area contributed by atoms with Crippen molar-refractivity contribution in [2.24, 2.45) is 5.92 Å². The van der Waals surface area contributed by atoms with Crippen LogP contribution in [0.1, 0.15) is 36.1 Å². The molecule has 0 amide bonds. The Hall–Kier alpha value is -3.06. The van der Waals surface area contributed by atoms with Crippen LogP contribution >= 0.6 is 12.2 Å². The quantitative estimate of drug-likeness (QED) is 0.542. The molecule has 0 radical (unpaired) electrons. The fraction of sp³-hybridized carbons (Fsp3) is 0.360. The van der Waals surface area contributed by atoms with Gasteiger partial charge in [0.25, 0.3) is 5.56 Å². The van der Waals surface area contributed by atoms with E-state index in [-0.39, 0.29) is 12.4 Å². The third-order valence-corrected chi connectivity index (χ3v) is 6.06. The van der Waals surface area contributed by atoms with E-state index in [0.717, 1.165) is 40.1 Å². The number of hydrogen-bond acceptors (Lipinski definition) is 4. The van der Waals surface area contributed by atoms with Gasteiger partial charge in [0.2, 0.25) is 6.79 Å². The van der Waals surface area contributed by atoms with E-state index < -0.39 is 0 Å². The molecule has 1 aliphatic rings. The number of aromatic nitrogens is 1. The van der Waals surface area contributed by atoms with Gasteiger partial charge in [0.15, 0.2) is 16.6 Å². The number of hydrogen-bond donors (Lipinski definition) is 2. The molecule has 0 saturated carbocycles. The number of aromatic amines is 1. The molecule has 6 nitrogen and oxygen atoms in total. The lowest BCUT2D eigenvalue weighted by molar-refractivity contribution is 0.174. The SMILES string of the molecule is Cc1cc2cc(CN(Cc3ccc4c(c3)OCO4)C(=S)NCC(C)C)c(=O)[nH]c2cc1C. The van der Waals surface area contributed by atoms with Gasteiger partial charge < -0.3 is 24.7 Å². The predicted molar refractivity (Wildman–Crippen MR) is 131 cm³/mol. The molecule has 0 atom stereocenters. The molecule has 0 bridgehead atoms. The highest BCUT2D eigenvalue weighted by Crippen LogP contribution is 2.33. The minimum absolute atomic E-state index is 0.0944. The number of aryl methyl sites for hydroxylation is 2. The first-order chi connectivity index (χ1) is 15.3. The van der Waals surface area contributed by atoms with Crippen LogP contribution in [0.5, 0.6) is 11.5 Å². The molecule has 2 heterocycles. The van der Waals surface area contributed by atoms with E-state index in [1.165, 1.54) is 5.56 Å². The van der Waals surface area contributed by atoms with Crippen LogP contribution in [-0.2, 0) is 13.1 Å². The predicted octanol–water partition coefficient (Wildman–Crippen LogP) is 4.41. The Morgan fingerprint density at radius 1 is 1.09 bits per heavy atom. The number of H-pyrrole nitrogens is 1. The van der Waals surface area contributed by atoms with Crippen molar-refractivity contribution >= 4 is 28.2 Å². The number of thiocarbonyl (C=S) groups is 1. The van der Waals surface area contributed by atoms with Gasteiger partial charge in [-0.15, -0.1) is 0 Å². The minimum atomic E-state index is -0.0944. The summed E-state index contributed by atoms with van der Waals surface area (Å²) in [5.41, 5.74) is 4.82. The Morgan fingerprint density at radius 2 is 1.84 bits per heavy atom. The van der Waals surface area contributed by atoms with Crippen LogP contribution in [0, 0.1) is 19.8 Å². The summed E-state index contributed by atoms with van der Waals surface area (Å²) in [6.07, 6.45) is 0. The molecular formula is C25H29N3O3S. The fourth-order valence-corrected chi connectivity index (χ4v) is 3.92. The highest BCUT2D eigenvalue weighted by Gasteiger charge is 2.18. The average molecular weight is 452 g/mol. The Labute approximate surface area is 193 Å². The highest BCUT2D eigenvalue weighted by atomic mass is 32.1.